The molecule has 3 aromatic carbocycles. The van der Waals surface area contributed by atoms with Crippen LogP contribution in [0.5, 0.6) is 5.75 Å². The van der Waals surface area contributed by atoms with E-state index in [4.69, 9.17) is 4.74 Å². The van der Waals surface area contributed by atoms with Crippen molar-refractivity contribution in [2.24, 2.45) is 5.41 Å². The quantitative estimate of drug-likeness (QED) is 0.380. The van der Waals surface area contributed by atoms with Crippen molar-refractivity contribution < 1.29 is 37.3 Å². The molecule has 1 aliphatic heterocycles. The van der Waals surface area contributed by atoms with E-state index >= 15 is 0 Å². The predicted molar refractivity (Wildman–Crippen MR) is 144 cm³/mol. The summed E-state index contributed by atoms with van der Waals surface area (Å²) in [7, 11) is -4.16. The standard InChI is InChI=1S/C29H32F2N2O6S/c30-23-7-3-1-5-20(23)15-33-16-21(34)14-32-40(37,38)28-10-9-19(22-6-2-4-8-24(22)31)11-27(28)39-18-29(17-33)12-25(35)26(36)13-29/h1-11,21,25-26,32,34-36H,12-18H2/t21-,25-,26+,29?/m0/s1. The second-order valence-corrected chi connectivity index (χ2v) is 12.5. The largest absolute Gasteiger partial charge is 0.492 e. The molecule has 1 heterocycles. The van der Waals surface area contributed by atoms with E-state index < -0.39 is 45.4 Å². The van der Waals surface area contributed by atoms with E-state index in [0.717, 1.165) is 0 Å². The Bertz CT molecular complexity index is 1460. The van der Waals surface area contributed by atoms with Crippen molar-refractivity contribution in [2.75, 3.05) is 26.2 Å². The first kappa shape index (κ1) is 28.6. The zero-order valence-corrected chi connectivity index (χ0v) is 22.5. The molecule has 5 rings (SSSR count). The van der Waals surface area contributed by atoms with Gasteiger partial charge in [0.2, 0.25) is 10.0 Å². The summed E-state index contributed by atoms with van der Waals surface area (Å²) in [6.07, 6.45) is -2.93. The van der Waals surface area contributed by atoms with Crippen molar-refractivity contribution in [1.82, 2.24) is 9.62 Å². The van der Waals surface area contributed by atoms with Crippen LogP contribution in [0.2, 0.25) is 0 Å². The summed E-state index contributed by atoms with van der Waals surface area (Å²) in [6, 6.07) is 16.6. The highest BCUT2D eigenvalue weighted by molar-refractivity contribution is 7.89. The molecule has 1 spiro atoms. The molecule has 4 N–H and O–H groups in total. The minimum absolute atomic E-state index is 0.00384. The number of nitrogens with zero attached hydrogens (tertiary/aromatic N) is 1. The summed E-state index contributed by atoms with van der Waals surface area (Å²) in [5.74, 6) is -0.934. The average molecular weight is 575 g/mol. The molecule has 1 fully saturated rings. The van der Waals surface area contributed by atoms with Crippen LogP contribution in [-0.2, 0) is 16.6 Å². The van der Waals surface area contributed by atoms with Gasteiger partial charge in [-0.25, -0.2) is 21.9 Å². The first-order valence-corrected chi connectivity index (χ1v) is 14.5. The molecule has 1 unspecified atom stereocenters. The highest BCUT2D eigenvalue weighted by Crippen LogP contribution is 2.41. The Morgan fingerprint density at radius 3 is 2.33 bits per heavy atom. The Kier molecular flexibility index (Phi) is 8.23. The molecule has 40 heavy (non-hydrogen) atoms. The number of fused-ring (bicyclic) bond motifs is 1. The zero-order chi connectivity index (χ0) is 28.5. The number of hydrogen-bond donors (Lipinski definition) is 4. The molecular formula is C29H32F2N2O6S. The fraction of sp³-hybridized carbons (Fsp3) is 0.379. The summed E-state index contributed by atoms with van der Waals surface area (Å²) < 4.78 is 64.2. The Labute approximate surface area is 231 Å². The van der Waals surface area contributed by atoms with Crippen LogP contribution in [0, 0.1) is 17.0 Å². The van der Waals surface area contributed by atoms with Crippen molar-refractivity contribution >= 4 is 10.0 Å². The predicted octanol–water partition coefficient (Wildman–Crippen LogP) is 2.67. The maximum Gasteiger partial charge on any atom is 0.244 e. The van der Waals surface area contributed by atoms with Crippen LogP contribution in [0.1, 0.15) is 18.4 Å². The van der Waals surface area contributed by atoms with Gasteiger partial charge in [0.25, 0.3) is 0 Å². The Morgan fingerprint density at radius 2 is 1.62 bits per heavy atom. The highest BCUT2D eigenvalue weighted by Gasteiger charge is 2.46. The second-order valence-electron chi connectivity index (χ2n) is 10.7. The van der Waals surface area contributed by atoms with Crippen molar-refractivity contribution in [3.63, 3.8) is 0 Å². The molecule has 0 bridgehead atoms. The lowest BCUT2D eigenvalue weighted by molar-refractivity contribution is 0.0423. The van der Waals surface area contributed by atoms with E-state index in [1.54, 1.807) is 41.3 Å². The summed E-state index contributed by atoms with van der Waals surface area (Å²) in [5, 5.41) is 31.8. The lowest BCUT2D eigenvalue weighted by atomic mass is 9.85. The summed E-state index contributed by atoms with van der Waals surface area (Å²) in [4.78, 5) is 1.60. The third-order valence-electron chi connectivity index (χ3n) is 7.57. The molecule has 1 aliphatic carbocycles. The molecular weight excluding hydrogens is 542 g/mol. The van der Waals surface area contributed by atoms with E-state index in [-0.39, 0.29) is 61.8 Å². The van der Waals surface area contributed by atoms with E-state index in [9.17, 15) is 32.5 Å². The van der Waals surface area contributed by atoms with Crippen molar-refractivity contribution in [3.8, 4) is 16.9 Å². The number of halogens is 2. The van der Waals surface area contributed by atoms with Crippen LogP contribution >= 0.6 is 0 Å². The van der Waals surface area contributed by atoms with Gasteiger partial charge in [-0.1, -0.05) is 42.5 Å². The van der Waals surface area contributed by atoms with E-state index in [1.807, 2.05) is 0 Å². The Hall–Kier alpha value is -2.93. The molecule has 11 heteroatoms. The van der Waals surface area contributed by atoms with Gasteiger partial charge in [0.05, 0.1) is 24.9 Å². The van der Waals surface area contributed by atoms with E-state index in [1.165, 1.54) is 30.3 Å². The summed E-state index contributed by atoms with van der Waals surface area (Å²) in [6.45, 7) is -0.0684. The molecule has 0 amide bonds. The smallest absolute Gasteiger partial charge is 0.244 e. The zero-order valence-electron chi connectivity index (χ0n) is 21.7. The number of ether oxygens (including phenoxy) is 1. The first-order chi connectivity index (χ1) is 19.1. The van der Waals surface area contributed by atoms with Gasteiger partial charge in [0.1, 0.15) is 22.3 Å². The molecule has 4 atom stereocenters. The third-order valence-corrected chi connectivity index (χ3v) is 9.03. The van der Waals surface area contributed by atoms with Gasteiger partial charge in [-0.05, 0) is 42.7 Å². The van der Waals surface area contributed by atoms with Crippen LogP contribution < -0.4 is 9.46 Å². The van der Waals surface area contributed by atoms with Gasteiger partial charge in [0, 0.05) is 42.7 Å². The van der Waals surface area contributed by atoms with Crippen molar-refractivity contribution in [1.29, 1.82) is 0 Å². The van der Waals surface area contributed by atoms with Crippen LogP contribution in [0.4, 0.5) is 8.78 Å². The minimum atomic E-state index is -4.16. The van der Waals surface area contributed by atoms with Crippen LogP contribution in [0.15, 0.2) is 71.6 Å². The average Bonchev–Trinajstić information content (AvgIpc) is 3.20. The maximum absolute atomic E-state index is 14.6. The van der Waals surface area contributed by atoms with Gasteiger partial charge in [-0.3, -0.25) is 4.90 Å². The molecule has 0 aromatic heterocycles. The topological polar surface area (TPSA) is 119 Å². The number of rotatable bonds is 3. The minimum Gasteiger partial charge on any atom is -0.492 e. The van der Waals surface area contributed by atoms with E-state index in [0.29, 0.717) is 11.1 Å². The molecule has 0 radical (unpaired) electrons. The number of sulfonamides is 1. The molecule has 214 valence electrons. The lowest BCUT2D eigenvalue weighted by Gasteiger charge is -2.37. The normalized spacial score (nSPS) is 27.4. The number of hydrogen-bond acceptors (Lipinski definition) is 7. The number of nitrogens with one attached hydrogen (secondary N) is 1. The summed E-state index contributed by atoms with van der Waals surface area (Å²) in [5.41, 5.74) is 0.197. The maximum atomic E-state index is 14.6. The number of aliphatic hydroxyl groups is 3. The lowest BCUT2D eigenvalue weighted by Crippen LogP contribution is -2.46. The van der Waals surface area contributed by atoms with Gasteiger partial charge in [0.15, 0.2) is 0 Å². The number of benzene rings is 3. The third kappa shape index (κ3) is 6.19. The first-order valence-electron chi connectivity index (χ1n) is 13.1. The van der Waals surface area contributed by atoms with Crippen LogP contribution in [0.25, 0.3) is 11.1 Å². The molecule has 8 nitrogen and oxygen atoms in total. The fourth-order valence-electron chi connectivity index (χ4n) is 5.64. The van der Waals surface area contributed by atoms with Crippen LogP contribution in [-0.4, -0.2) is 73.2 Å². The Morgan fingerprint density at radius 1 is 0.950 bits per heavy atom. The molecule has 3 aromatic rings. The van der Waals surface area contributed by atoms with Gasteiger partial charge >= 0.3 is 0 Å². The highest BCUT2D eigenvalue weighted by atomic mass is 32.2. The fourth-order valence-corrected chi connectivity index (χ4v) is 6.84. The second kappa shape index (κ2) is 11.5. The van der Waals surface area contributed by atoms with E-state index in [2.05, 4.69) is 4.72 Å². The Balaban J connectivity index is 1.55. The monoisotopic (exact) mass is 574 g/mol. The SMILES string of the molecule is O=S1(=O)NC[C@H](O)CN(Cc2ccccc2F)CC2(COc3cc(-c4ccccc4F)ccc31)C[C@@H](O)[C@@H](O)C2. The number of β-amino-alcohol motifs (C(OH)–C–C–N with tert-alkyl or cyclic N) is 1. The van der Waals surface area contributed by atoms with Gasteiger partial charge in [-0.15, -0.1) is 0 Å². The molecule has 0 saturated heterocycles. The van der Waals surface area contributed by atoms with Crippen molar-refractivity contribution in [2.45, 2.75) is 42.6 Å². The summed E-state index contributed by atoms with van der Waals surface area (Å²) >= 11 is 0. The van der Waals surface area contributed by atoms with Crippen molar-refractivity contribution in [3.05, 3.63) is 83.9 Å². The van der Waals surface area contributed by atoms with Crippen LogP contribution in [0.3, 0.4) is 0 Å². The number of aliphatic hydroxyl groups excluding tert-OH is 3. The molecule has 2 aliphatic rings. The molecule has 1 saturated carbocycles. The van der Waals surface area contributed by atoms with Gasteiger partial charge < -0.3 is 20.1 Å². The van der Waals surface area contributed by atoms with Gasteiger partial charge in [-0.2, -0.15) is 0 Å².